The number of hydrogen-bond acceptors (Lipinski definition) is 4. The van der Waals surface area contributed by atoms with Crippen molar-refractivity contribution in [1.82, 2.24) is 14.9 Å². The Morgan fingerprint density at radius 2 is 2.00 bits per heavy atom. The van der Waals surface area contributed by atoms with E-state index in [4.69, 9.17) is 0 Å². The lowest BCUT2D eigenvalue weighted by Crippen LogP contribution is -2.39. The van der Waals surface area contributed by atoms with Crippen molar-refractivity contribution in [2.45, 2.75) is 24.4 Å². The van der Waals surface area contributed by atoms with Crippen molar-refractivity contribution in [2.75, 3.05) is 27.7 Å². The van der Waals surface area contributed by atoms with Gasteiger partial charge in [-0.25, -0.2) is 17.5 Å². The fraction of sp³-hybridized carbons (Fsp3) is 0.538. The van der Waals surface area contributed by atoms with Gasteiger partial charge in [-0.1, -0.05) is 0 Å². The van der Waals surface area contributed by atoms with Crippen LogP contribution < -0.4 is 10.0 Å². The highest BCUT2D eigenvalue weighted by Gasteiger charge is 2.19. The van der Waals surface area contributed by atoms with Crippen molar-refractivity contribution in [3.05, 3.63) is 29.6 Å². The number of halogens is 1. The summed E-state index contributed by atoms with van der Waals surface area (Å²) in [5, 5.41) is 2.81. The van der Waals surface area contributed by atoms with Crippen LogP contribution in [0.4, 0.5) is 4.39 Å². The molecule has 0 radical (unpaired) electrons. The van der Waals surface area contributed by atoms with Crippen molar-refractivity contribution in [3.63, 3.8) is 0 Å². The zero-order valence-corrected chi connectivity index (χ0v) is 13.1. The molecule has 5 nitrogen and oxygen atoms in total. The summed E-state index contributed by atoms with van der Waals surface area (Å²) >= 11 is 0. The van der Waals surface area contributed by atoms with Gasteiger partial charge in [-0.05, 0) is 46.3 Å². The Labute approximate surface area is 120 Å². The summed E-state index contributed by atoms with van der Waals surface area (Å²) in [5.41, 5.74) is 0.329. The zero-order chi connectivity index (χ0) is 15.3. The molecule has 114 valence electrons. The van der Waals surface area contributed by atoms with E-state index in [9.17, 15) is 12.8 Å². The van der Waals surface area contributed by atoms with E-state index >= 15 is 0 Å². The van der Waals surface area contributed by atoms with Crippen molar-refractivity contribution in [3.8, 4) is 0 Å². The van der Waals surface area contributed by atoms with Gasteiger partial charge in [-0.2, -0.15) is 0 Å². The second-order valence-corrected chi connectivity index (χ2v) is 6.78. The maximum absolute atomic E-state index is 13.5. The van der Waals surface area contributed by atoms with E-state index in [1.807, 2.05) is 19.0 Å². The van der Waals surface area contributed by atoms with Crippen LogP contribution in [0.2, 0.25) is 0 Å². The molecule has 0 heterocycles. The van der Waals surface area contributed by atoms with Crippen LogP contribution in [0.1, 0.15) is 12.5 Å². The molecule has 1 aromatic carbocycles. The van der Waals surface area contributed by atoms with Gasteiger partial charge in [0.15, 0.2) is 0 Å². The van der Waals surface area contributed by atoms with E-state index in [1.165, 1.54) is 18.2 Å². The van der Waals surface area contributed by atoms with Crippen molar-refractivity contribution < 1.29 is 12.8 Å². The van der Waals surface area contributed by atoms with E-state index < -0.39 is 15.8 Å². The molecule has 1 atom stereocenters. The monoisotopic (exact) mass is 303 g/mol. The highest BCUT2D eigenvalue weighted by atomic mass is 32.2. The van der Waals surface area contributed by atoms with Gasteiger partial charge in [0, 0.05) is 24.7 Å². The first-order valence-corrected chi connectivity index (χ1v) is 7.84. The van der Waals surface area contributed by atoms with E-state index in [0.29, 0.717) is 12.1 Å². The minimum atomic E-state index is -3.63. The Morgan fingerprint density at radius 3 is 2.55 bits per heavy atom. The van der Waals surface area contributed by atoms with Gasteiger partial charge in [0.05, 0.1) is 4.90 Å². The molecule has 0 aliphatic rings. The predicted octanol–water partition coefficient (Wildman–Crippen LogP) is 0.773. The zero-order valence-electron chi connectivity index (χ0n) is 12.3. The molecule has 1 unspecified atom stereocenters. The van der Waals surface area contributed by atoms with Gasteiger partial charge < -0.3 is 10.2 Å². The molecule has 7 heteroatoms. The van der Waals surface area contributed by atoms with Crippen LogP contribution in [0.5, 0.6) is 0 Å². The van der Waals surface area contributed by atoms with Gasteiger partial charge in [0.1, 0.15) is 5.82 Å². The molecular weight excluding hydrogens is 281 g/mol. The molecule has 0 bridgehead atoms. The number of likely N-dealkylation sites (N-methyl/N-ethyl adjacent to an activating group) is 1. The first-order valence-electron chi connectivity index (χ1n) is 6.36. The average Bonchev–Trinajstić information content (AvgIpc) is 2.30. The Balaban J connectivity index is 2.95. The van der Waals surface area contributed by atoms with Crippen LogP contribution in [0.25, 0.3) is 0 Å². The van der Waals surface area contributed by atoms with Gasteiger partial charge in [-0.15, -0.1) is 0 Å². The minimum absolute atomic E-state index is 0.0785. The van der Waals surface area contributed by atoms with E-state index in [1.54, 1.807) is 14.0 Å². The number of sulfonamides is 1. The Kier molecular flexibility index (Phi) is 6.07. The third-order valence-electron chi connectivity index (χ3n) is 2.69. The smallest absolute Gasteiger partial charge is 0.240 e. The molecule has 0 aliphatic heterocycles. The van der Waals surface area contributed by atoms with Crippen molar-refractivity contribution in [2.24, 2.45) is 0 Å². The summed E-state index contributed by atoms with van der Waals surface area (Å²) in [6.07, 6.45) is 0. The molecule has 0 fully saturated rings. The van der Waals surface area contributed by atoms with Crippen molar-refractivity contribution in [1.29, 1.82) is 0 Å². The summed E-state index contributed by atoms with van der Waals surface area (Å²) in [5.74, 6) is -0.417. The van der Waals surface area contributed by atoms with Crippen molar-refractivity contribution >= 4 is 10.0 Å². The lowest BCUT2D eigenvalue weighted by molar-refractivity contribution is 0.370. The predicted molar refractivity (Wildman–Crippen MR) is 77.5 cm³/mol. The summed E-state index contributed by atoms with van der Waals surface area (Å²) in [4.78, 5) is 1.97. The molecule has 0 amide bonds. The third-order valence-corrected chi connectivity index (χ3v) is 4.28. The molecular formula is C13H22FN3O2S. The molecule has 0 aliphatic carbocycles. The number of nitrogens with zero attached hydrogens (tertiary/aromatic N) is 1. The largest absolute Gasteiger partial charge is 0.316 e. The maximum Gasteiger partial charge on any atom is 0.240 e. The third kappa shape index (κ3) is 4.82. The van der Waals surface area contributed by atoms with Crippen LogP contribution in [-0.2, 0) is 16.6 Å². The number of hydrogen-bond donors (Lipinski definition) is 2. The lowest BCUT2D eigenvalue weighted by atomic mass is 10.2. The van der Waals surface area contributed by atoms with Gasteiger partial charge >= 0.3 is 0 Å². The van der Waals surface area contributed by atoms with Crippen LogP contribution in [0.3, 0.4) is 0 Å². The molecule has 1 rings (SSSR count). The highest BCUT2D eigenvalue weighted by Crippen LogP contribution is 2.15. The van der Waals surface area contributed by atoms with Gasteiger partial charge in [-0.3, -0.25) is 0 Å². The summed E-state index contributed by atoms with van der Waals surface area (Å²) in [6.45, 7) is 2.65. The fourth-order valence-electron chi connectivity index (χ4n) is 1.96. The molecule has 20 heavy (non-hydrogen) atoms. The fourth-order valence-corrected chi connectivity index (χ4v) is 3.25. The highest BCUT2D eigenvalue weighted by molar-refractivity contribution is 7.89. The van der Waals surface area contributed by atoms with Crippen LogP contribution in [-0.4, -0.2) is 47.0 Å². The van der Waals surface area contributed by atoms with Crippen LogP contribution in [0.15, 0.2) is 23.1 Å². The summed E-state index contributed by atoms with van der Waals surface area (Å²) < 4.78 is 40.5. The molecule has 0 saturated heterocycles. The van der Waals surface area contributed by atoms with Gasteiger partial charge in [0.2, 0.25) is 10.0 Å². The Hall–Kier alpha value is -1.02. The first kappa shape index (κ1) is 17.0. The number of rotatable bonds is 7. The number of nitrogens with one attached hydrogen (secondary N) is 2. The Morgan fingerprint density at radius 1 is 1.35 bits per heavy atom. The maximum atomic E-state index is 13.5. The quantitative estimate of drug-likeness (QED) is 0.781. The topological polar surface area (TPSA) is 61.4 Å². The lowest BCUT2D eigenvalue weighted by Gasteiger charge is -2.18. The van der Waals surface area contributed by atoms with Crippen LogP contribution in [0, 0.1) is 5.82 Å². The molecule has 0 spiro atoms. The second kappa shape index (κ2) is 7.12. The summed E-state index contributed by atoms with van der Waals surface area (Å²) in [6, 6.07) is 3.58. The van der Waals surface area contributed by atoms with E-state index in [2.05, 4.69) is 10.0 Å². The number of benzene rings is 1. The minimum Gasteiger partial charge on any atom is -0.316 e. The summed E-state index contributed by atoms with van der Waals surface area (Å²) in [7, 11) is 1.78. The molecule has 2 N–H and O–H groups in total. The van der Waals surface area contributed by atoms with E-state index in [0.717, 1.165) is 0 Å². The Bertz CT molecular complexity index is 547. The molecule has 0 saturated carbocycles. The second-order valence-electron chi connectivity index (χ2n) is 5.07. The first-order chi connectivity index (χ1) is 9.26. The SMILES string of the molecule is CNCc1cc(S(=O)(=O)NC(C)CN(C)C)ccc1F. The standard InChI is InChI=1S/C13H22FN3O2S/c1-10(9-17(3)4)16-20(18,19)12-5-6-13(14)11(7-12)8-15-2/h5-7,10,15-16H,8-9H2,1-4H3. The average molecular weight is 303 g/mol. The normalized spacial score (nSPS) is 13.7. The van der Waals surface area contributed by atoms with Gasteiger partial charge in [0.25, 0.3) is 0 Å². The van der Waals surface area contributed by atoms with Crippen LogP contribution >= 0.6 is 0 Å². The molecule has 1 aromatic rings. The molecule has 0 aromatic heterocycles. The van der Waals surface area contributed by atoms with E-state index in [-0.39, 0.29) is 17.5 Å².